The Bertz CT molecular complexity index is 365. The van der Waals surface area contributed by atoms with Crippen molar-refractivity contribution in [1.82, 2.24) is 10.2 Å². The number of amides is 2. The quantitative estimate of drug-likeness (QED) is 0.669. The second-order valence-electron chi connectivity index (χ2n) is 3.56. The molecule has 1 aromatic carbocycles. The highest BCUT2D eigenvalue weighted by Gasteiger charge is 2.16. The van der Waals surface area contributed by atoms with E-state index in [2.05, 4.69) is 10.6 Å². The number of carbonyl (C=O) groups is 1. The van der Waals surface area contributed by atoms with Gasteiger partial charge < -0.3 is 15.5 Å². The zero-order chi connectivity index (χ0) is 10.7. The van der Waals surface area contributed by atoms with E-state index in [4.69, 9.17) is 0 Å². The molecule has 2 rings (SSSR count). The van der Waals surface area contributed by atoms with E-state index in [1.54, 1.807) is 11.9 Å². The predicted molar refractivity (Wildman–Crippen MR) is 59.8 cm³/mol. The lowest BCUT2D eigenvalue weighted by Gasteiger charge is -2.19. The van der Waals surface area contributed by atoms with E-state index in [1.807, 2.05) is 24.3 Å². The largest absolute Gasteiger partial charge is 0.383 e. The Morgan fingerprint density at radius 1 is 1.47 bits per heavy atom. The van der Waals surface area contributed by atoms with Crippen molar-refractivity contribution in [2.75, 3.05) is 25.5 Å². The second kappa shape index (κ2) is 4.21. The topological polar surface area (TPSA) is 44.4 Å². The summed E-state index contributed by atoms with van der Waals surface area (Å²) in [6.07, 6.45) is 0. The van der Waals surface area contributed by atoms with E-state index in [1.165, 1.54) is 5.56 Å². The van der Waals surface area contributed by atoms with Crippen molar-refractivity contribution < 1.29 is 4.79 Å². The summed E-state index contributed by atoms with van der Waals surface area (Å²) in [5, 5.41) is 5.96. The third-order valence-electron chi connectivity index (χ3n) is 2.58. The Morgan fingerprint density at radius 3 is 3.07 bits per heavy atom. The van der Waals surface area contributed by atoms with Crippen LogP contribution in [0.2, 0.25) is 0 Å². The normalized spacial score (nSPS) is 14.9. The van der Waals surface area contributed by atoms with Crippen molar-refractivity contribution in [2.24, 2.45) is 0 Å². The lowest BCUT2D eigenvalue weighted by molar-refractivity contribution is 0.200. The molecule has 1 aliphatic heterocycles. The van der Waals surface area contributed by atoms with Gasteiger partial charge in [-0.25, -0.2) is 4.79 Å². The van der Waals surface area contributed by atoms with Crippen LogP contribution >= 0.6 is 0 Å². The number of nitrogens with one attached hydrogen (secondary N) is 2. The fourth-order valence-electron chi connectivity index (χ4n) is 1.77. The van der Waals surface area contributed by atoms with Gasteiger partial charge in [-0.1, -0.05) is 18.2 Å². The van der Waals surface area contributed by atoms with E-state index in [-0.39, 0.29) is 6.03 Å². The van der Waals surface area contributed by atoms with Gasteiger partial charge in [0.15, 0.2) is 0 Å². The first-order valence-corrected chi connectivity index (χ1v) is 5.09. The van der Waals surface area contributed by atoms with Crippen LogP contribution < -0.4 is 10.6 Å². The highest BCUT2D eigenvalue weighted by molar-refractivity contribution is 5.74. The van der Waals surface area contributed by atoms with Crippen molar-refractivity contribution in [3.05, 3.63) is 29.8 Å². The second-order valence-corrected chi connectivity index (χ2v) is 3.56. The molecular weight excluding hydrogens is 190 g/mol. The average Bonchev–Trinajstić information content (AvgIpc) is 2.49. The SMILES string of the molecule is CNC(=O)N1CCNc2ccccc2C1. The molecule has 2 N–H and O–H groups in total. The zero-order valence-electron chi connectivity index (χ0n) is 8.79. The number of hydrogen-bond donors (Lipinski definition) is 2. The molecule has 4 nitrogen and oxygen atoms in total. The molecule has 0 spiro atoms. The molecule has 0 radical (unpaired) electrons. The van der Waals surface area contributed by atoms with Crippen molar-refractivity contribution in [2.45, 2.75) is 6.54 Å². The molecule has 2 amide bonds. The summed E-state index contributed by atoms with van der Waals surface area (Å²) < 4.78 is 0. The lowest BCUT2D eigenvalue weighted by atomic mass is 10.2. The van der Waals surface area contributed by atoms with Gasteiger partial charge >= 0.3 is 6.03 Å². The van der Waals surface area contributed by atoms with Crippen LogP contribution in [0.4, 0.5) is 10.5 Å². The number of fused-ring (bicyclic) bond motifs is 1. The third-order valence-corrected chi connectivity index (χ3v) is 2.58. The van der Waals surface area contributed by atoms with Crippen molar-refractivity contribution in [1.29, 1.82) is 0 Å². The number of hydrogen-bond acceptors (Lipinski definition) is 2. The molecule has 15 heavy (non-hydrogen) atoms. The number of para-hydroxylation sites is 1. The number of benzene rings is 1. The molecule has 0 aliphatic carbocycles. The van der Waals surface area contributed by atoms with Gasteiger partial charge in [-0.3, -0.25) is 0 Å². The molecule has 1 aliphatic rings. The minimum Gasteiger partial charge on any atom is -0.383 e. The Hall–Kier alpha value is -1.71. The molecule has 0 saturated carbocycles. The number of carbonyl (C=O) groups excluding carboxylic acids is 1. The highest BCUT2D eigenvalue weighted by atomic mass is 16.2. The van der Waals surface area contributed by atoms with Crippen LogP contribution in [0.25, 0.3) is 0 Å². The minimum atomic E-state index is -0.0199. The van der Waals surface area contributed by atoms with E-state index in [0.717, 1.165) is 18.8 Å². The summed E-state index contributed by atoms with van der Waals surface area (Å²) in [5.41, 5.74) is 2.29. The summed E-state index contributed by atoms with van der Waals surface area (Å²) in [6, 6.07) is 8.06. The van der Waals surface area contributed by atoms with Gasteiger partial charge in [0.2, 0.25) is 0 Å². The third kappa shape index (κ3) is 2.03. The van der Waals surface area contributed by atoms with Gasteiger partial charge in [-0.2, -0.15) is 0 Å². The first-order chi connectivity index (χ1) is 7.31. The van der Waals surface area contributed by atoms with E-state index in [9.17, 15) is 4.79 Å². The molecule has 0 atom stereocenters. The molecule has 80 valence electrons. The number of urea groups is 1. The van der Waals surface area contributed by atoms with Gasteiger partial charge in [-0.15, -0.1) is 0 Å². The molecule has 0 unspecified atom stereocenters. The number of nitrogens with zero attached hydrogens (tertiary/aromatic N) is 1. The molecule has 0 bridgehead atoms. The van der Waals surface area contributed by atoms with Gasteiger partial charge in [-0.05, 0) is 11.6 Å². The van der Waals surface area contributed by atoms with Crippen LogP contribution in [0.15, 0.2) is 24.3 Å². The number of anilines is 1. The average molecular weight is 205 g/mol. The maximum atomic E-state index is 11.5. The highest BCUT2D eigenvalue weighted by Crippen LogP contribution is 2.19. The van der Waals surface area contributed by atoms with Crippen LogP contribution in [0.5, 0.6) is 0 Å². The van der Waals surface area contributed by atoms with Crippen molar-refractivity contribution >= 4 is 11.7 Å². The summed E-state index contributed by atoms with van der Waals surface area (Å²) in [5.74, 6) is 0. The Kier molecular flexibility index (Phi) is 2.76. The smallest absolute Gasteiger partial charge is 0.317 e. The zero-order valence-corrected chi connectivity index (χ0v) is 8.79. The molecule has 1 aromatic rings. The number of rotatable bonds is 0. The van der Waals surface area contributed by atoms with Crippen LogP contribution in [-0.4, -0.2) is 31.1 Å². The minimum absolute atomic E-state index is 0.0199. The van der Waals surface area contributed by atoms with E-state index < -0.39 is 0 Å². The van der Waals surface area contributed by atoms with Gasteiger partial charge in [0.05, 0.1) is 0 Å². The summed E-state index contributed by atoms with van der Waals surface area (Å²) in [6.45, 7) is 2.20. The summed E-state index contributed by atoms with van der Waals surface area (Å²) in [7, 11) is 1.66. The first kappa shape index (κ1) is 9.83. The van der Waals surface area contributed by atoms with E-state index in [0.29, 0.717) is 6.54 Å². The van der Waals surface area contributed by atoms with Crippen LogP contribution in [0.1, 0.15) is 5.56 Å². The molecule has 0 fully saturated rings. The van der Waals surface area contributed by atoms with Crippen LogP contribution in [0.3, 0.4) is 0 Å². The molecular formula is C11H15N3O. The Labute approximate surface area is 89.3 Å². The Balaban J connectivity index is 2.21. The lowest BCUT2D eigenvalue weighted by Crippen LogP contribution is -2.38. The van der Waals surface area contributed by atoms with Crippen LogP contribution in [-0.2, 0) is 6.54 Å². The predicted octanol–water partition coefficient (Wildman–Crippen LogP) is 1.25. The van der Waals surface area contributed by atoms with E-state index >= 15 is 0 Å². The van der Waals surface area contributed by atoms with Crippen molar-refractivity contribution in [3.8, 4) is 0 Å². The Morgan fingerprint density at radius 2 is 2.27 bits per heavy atom. The van der Waals surface area contributed by atoms with Gasteiger partial charge in [0, 0.05) is 32.4 Å². The fourth-order valence-corrected chi connectivity index (χ4v) is 1.77. The molecule has 1 heterocycles. The fraction of sp³-hybridized carbons (Fsp3) is 0.364. The summed E-state index contributed by atoms with van der Waals surface area (Å²) >= 11 is 0. The monoisotopic (exact) mass is 205 g/mol. The van der Waals surface area contributed by atoms with Gasteiger partial charge in [0.25, 0.3) is 0 Å². The van der Waals surface area contributed by atoms with Crippen molar-refractivity contribution in [3.63, 3.8) is 0 Å². The standard InChI is InChI=1S/C11H15N3O/c1-12-11(15)14-7-6-13-10-5-3-2-4-9(10)8-14/h2-5,13H,6-8H2,1H3,(H,12,15). The van der Waals surface area contributed by atoms with Crippen LogP contribution in [0, 0.1) is 0 Å². The maximum Gasteiger partial charge on any atom is 0.317 e. The molecule has 0 saturated heterocycles. The molecule has 0 aromatic heterocycles. The summed E-state index contributed by atoms with van der Waals surface area (Å²) in [4.78, 5) is 13.3. The van der Waals surface area contributed by atoms with Gasteiger partial charge in [0.1, 0.15) is 0 Å². The molecule has 4 heteroatoms. The maximum absolute atomic E-state index is 11.5. The first-order valence-electron chi connectivity index (χ1n) is 5.09.